The molecule has 3 aromatic rings. The minimum absolute atomic E-state index is 0.0895. The number of carbonyl (C=O) groups excluding carboxylic acids is 1. The maximum Gasteiger partial charge on any atom is 0.268 e. The Morgan fingerprint density at radius 3 is 2.54 bits per heavy atom. The summed E-state index contributed by atoms with van der Waals surface area (Å²) in [5.41, 5.74) is 8.35. The van der Waals surface area contributed by atoms with E-state index in [-0.39, 0.29) is 11.7 Å². The van der Waals surface area contributed by atoms with Crippen LogP contribution >= 0.6 is 0 Å². The van der Waals surface area contributed by atoms with E-state index in [2.05, 4.69) is 12.1 Å². The number of benzene rings is 3. The van der Waals surface area contributed by atoms with Gasteiger partial charge in [0.05, 0.1) is 31.8 Å². The highest BCUT2D eigenvalue weighted by atomic mass is 16.5. The monoisotopic (exact) mass is 501 g/mol. The first-order valence-corrected chi connectivity index (χ1v) is 12.8. The highest BCUT2D eigenvalue weighted by Crippen LogP contribution is 2.36. The number of amides is 1. The van der Waals surface area contributed by atoms with Gasteiger partial charge in [0.2, 0.25) is 0 Å². The first-order valence-electron chi connectivity index (χ1n) is 12.8. The molecule has 0 bridgehead atoms. The summed E-state index contributed by atoms with van der Waals surface area (Å²) in [6.45, 7) is 0.766. The Hall–Kier alpha value is -4.00. The van der Waals surface area contributed by atoms with E-state index in [1.54, 1.807) is 12.0 Å². The van der Waals surface area contributed by atoms with Crippen LogP contribution in [0.4, 0.5) is 5.69 Å². The van der Waals surface area contributed by atoms with Crippen molar-refractivity contribution in [2.24, 2.45) is 5.73 Å². The Kier molecular flexibility index (Phi) is 9.03. The van der Waals surface area contributed by atoms with Crippen molar-refractivity contribution in [2.75, 3.05) is 18.6 Å². The number of ether oxygens (including phenoxy) is 3. The topological polar surface area (TPSA) is 97.9 Å². The van der Waals surface area contributed by atoms with Crippen LogP contribution in [-0.2, 0) is 17.8 Å². The van der Waals surface area contributed by atoms with Crippen LogP contribution in [0.2, 0.25) is 0 Å². The molecule has 3 N–H and O–H groups in total. The predicted octanol–water partition coefficient (Wildman–Crippen LogP) is 5.50. The summed E-state index contributed by atoms with van der Waals surface area (Å²) < 4.78 is 17.5. The second-order valence-electron chi connectivity index (χ2n) is 9.18. The van der Waals surface area contributed by atoms with E-state index in [1.807, 2.05) is 60.7 Å². The van der Waals surface area contributed by atoms with Crippen molar-refractivity contribution in [2.45, 2.75) is 51.2 Å². The number of carbonyl (C=O) groups is 1. The molecule has 1 unspecified atom stereocenters. The van der Waals surface area contributed by atoms with Crippen molar-refractivity contribution < 1.29 is 19.0 Å². The molecule has 0 radical (unpaired) electrons. The van der Waals surface area contributed by atoms with Gasteiger partial charge in [-0.2, -0.15) is 0 Å². The molecule has 1 atom stereocenters. The van der Waals surface area contributed by atoms with Crippen molar-refractivity contribution in [3.63, 3.8) is 0 Å². The first-order chi connectivity index (χ1) is 18.0. The third-order valence-electron chi connectivity index (χ3n) is 6.47. The average molecular weight is 502 g/mol. The van der Waals surface area contributed by atoms with Crippen LogP contribution < -0.4 is 24.8 Å². The van der Waals surface area contributed by atoms with Crippen LogP contribution in [0.25, 0.3) is 0 Å². The number of nitrogens with zero attached hydrogens (tertiary/aromatic N) is 1. The van der Waals surface area contributed by atoms with E-state index < -0.39 is 6.10 Å². The smallest absolute Gasteiger partial charge is 0.268 e. The summed E-state index contributed by atoms with van der Waals surface area (Å²) in [5, 5.41) is 7.28. The lowest BCUT2D eigenvalue weighted by atomic mass is 10.1. The van der Waals surface area contributed by atoms with Crippen LogP contribution in [0.5, 0.6) is 17.2 Å². The number of nitrogens with two attached hydrogens (primary N) is 1. The number of hydrogen-bond acceptors (Lipinski definition) is 5. The summed E-state index contributed by atoms with van der Waals surface area (Å²) >= 11 is 0. The lowest BCUT2D eigenvalue weighted by Gasteiger charge is -2.34. The van der Waals surface area contributed by atoms with E-state index in [1.165, 1.54) is 5.56 Å². The summed E-state index contributed by atoms with van der Waals surface area (Å²) in [6, 6.07) is 23.4. The summed E-state index contributed by atoms with van der Waals surface area (Å²) in [5.74, 6) is 2.38. The predicted molar refractivity (Wildman–Crippen MR) is 146 cm³/mol. The Morgan fingerprint density at radius 1 is 1.00 bits per heavy atom. The molecule has 0 aromatic heterocycles. The molecule has 37 heavy (non-hydrogen) atoms. The van der Waals surface area contributed by atoms with Crippen molar-refractivity contribution in [3.8, 4) is 17.2 Å². The van der Waals surface area contributed by atoms with Gasteiger partial charge in [-0.3, -0.25) is 10.2 Å². The van der Waals surface area contributed by atoms with Gasteiger partial charge < -0.3 is 24.8 Å². The third-order valence-corrected chi connectivity index (χ3v) is 6.47. The van der Waals surface area contributed by atoms with Crippen LogP contribution in [-0.4, -0.2) is 31.6 Å². The fourth-order valence-electron chi connectivity index (χ4n) is 4.48. The van der Waals surface area contributed by atoms with Gasteiger partial charge >= 0.3 is 0 Å². The zero-order valence-electron chi connectivity index (χ0n) is 21.3. The number of hydrogen-bond donors (Lipinski definition) is 2. The van der Waals surface area contributed by atoms with Crippen molar-refractivity contribution in [1.29, 1.82) is 5.41 Å². The molecule has 1 aliphatic rings. The van der Waals surface area contributed by atoms with Crippen molar-refractivity contribution in [3.05, 3.63) is 83.9 Å². The van der Waals surface area contributed by atoms with Crippen molar-refractivity contribution in [1.82, 2.24) is 0 Å². The number of anilines is 1. The molecule has 0 fully saturated rings. The molecule has 1 amide bonds. The van der Waals surface area contributed by atoms with Crippen LogP contribution in [0.3, 0.4) is 0 Å². The molecule has 0 aliphatic carbocycles. The Morgan fingerprint density at radius 2 is 1.76 bits per heavy atom. The highest BCUT2D eigenvalue weighted by molar-refractivity contribution is 6.00. The zero-order valence-corrected chi connectivity index (χ0v) is 21.3. The number of unbranched alkanes of at least 4 members (excludes halogenated alkanes) is 2. The quantitative estimate of drug-likeness (QED) is 0.183. The van der Waals surface area contributed by atoms with Gasteiger partial charge in [0, 0.05) is 18.4 Å². The normalized spacial score (nSPS) is 14.6. The Labute approximate surface area is 218 Å². The molecule has 7 heteroatoms. The number of methoxy groups -OCH3 is 1. The molecule has 1 heterocycles. The van der Waals surface area contributed by atoms with Gasteiger partial charge in [-0.15, -0.1) is 0 Å². The molecule has 7 nitrogen and oxygen atoms in total. The van der Waals surface area contributed by atoms with Gasteiger partial charge in [-0.1, -0.05) is 48.9 Å². The summed E-state index contributed by atoms with van der Waals surface area (Å²) in [4.78, 5) is 15.2. The number of fused-ring (bicyclic) bond motifs is 1. The van der Waals surface area contributed by atoms with Gasteiger partial charge in [0.25, 0.3) is 5.91 Å². The van der Waals surface area contributed by atoms with E-state index in [0.29, 0.717) is 31.7 Å². The molecule has 3 aromatic carbocycles. The lowest BCUT2D eigenvalue weighted by Crippen LogP contribution is -2.46. The molecular formula is C30H35N3O4. The second kappa shape index (κ2) is 12.8. The minimum atomic E-state index is -0.626. The Bertz CT molecular complexity index is 1200. The lowest BCUT2D eigenvalue weighted by molar-refractivity contribution is -0.127. The molecule has 0 spiro atoms. The van der Waals surface area contributed by atoms with Gasteiger partial charge in [0.1, 0.15) is 17.2 Å². The minimum Gasteiger partial charge on any atom is -0.496 e. The standard InChI is InChI=1S/C30H35N3O4/c1-35-26-12-7-5-10-23(26)21-33-25-11-6-8-13-27(25)37-28(30(33)34)19-20-36-24-17-15-22(16-18-24)9-3-2-4-14-29(31)32/h5-8,10-13,15-18,28H,2-4,9,14,19-21H2,1H3,(H3,31,32). The number of rotatable bonds is 13. The van der Waals surface area contributed by atoms with Crippen molar-refractivity contribution >= 4 is 17.4 Å². The molecule has 1 aliphatic heterocycles. The first kappa shape index (κ1) is 26.1. The number of amidine groups is 1. The van der Waals surface area contributed by atoms with E-state index in [9.17, 15) is 4.79 Å². The summed E-state index contributed by atoms with van der Waals surface area (Å²) in [7, 11) is 1.64. The third kappa shape index (κ3) is 7.03. The maximum atomic E-state index is 13.4. The number of para-hydroxylation sites is 3. The van der Waals surface area contributed by atoms with E-state index >= 15 is 0 Å². The SMILES string of the molecule is COc1ccccc1CN1C(=O)C(CCOc2ccc(CCCCCC(=N)N)cc2)Oc2ccccc21. The maximum absolute atomic E-state index is 13.4. The highest BCUT2D eigenvalue weighted by Gasteiger charge is 2.34. The van der Waals surface area contributed by atoms with Crippen LogP contribution in [0.1, 0.15) is 43.2 Å². The van der Waals surface area contributed by atoms with E-state index in [0.717, 1.165) is 48.4 Å². The number of aryl methyl sites for hydroxylation is 1. The Balaban J connectivity index is 1.32. The fourth-order valence-corrected chi connectivity index (χ4v) is 4.48. The molecule has 4 rings (SSSR count). The van der Waals surface area contributed by atoms with Gasteiger partial charge in [-0.25, -0.2) is 0 Å². The van der Waals surface area contributed by atoms with Crippen LogP contribution in [0, 0.1) is 5.41 Å². The van der Waals surface area contributed by atoms with Gasteiger partial charge in [-0.05, 0) is 55.2 Å². The summed E-state index contributed by atoms with van der Waals surface area (Å²) in [6.07, 6.45) is 4.56. The second-order valence-corrected chi connectivity index (χ2v) is 9.18. The largest absolute Gasteiger partial charge is 0.496 e. The van der Waals surface area contributed by atoms with Crippen LogP contribution in [0.15, 0.2) is 72.8 Å². The molecule has 194 valence electrons. The van der Waals surface area contributed by atoms with E-state index in [4.69, 9.17) is 25.4 Å². The zero-order chi connectivity index (χ0) is 26.0. The molecule has 0 saturated carbocycles. The average Bonchev–Trinajstić information content (AvgIpc) is 2.91. The molecule has 0 saturated heterocycles. The fraction of sp³-hybridized carbons (Fsp3) is 0.333. The molecular weight excluding hydrogens is 466 g/mol. The number of nitrogens with one attached hydrogen (secondary N) is 1. The van der Waals surface area contributed by atoms with Gasteiger partial charge in [0.15, 0.2) is 6.10 Å².